The maximum Gasteiger partial charge on any atom is 0.346 e. The summed E-state index contributed by atoms with van der Waals surface area (Å²) in [6.07, 6.45) is -0.568. The van der Waals surface area contributed by atoms with Crippen molar-refractivity contribution in [2.75, 3.05) is 7.11 Å². The molecule has 1 unspecified atom stereocenters. The Morgan fingerprint density at radius 3 is 2.71 bits per heavy atom. The monoisotopic (exact) mass is 194 g/mol. The minimum atomic E-state index is -0.568. The first-order valence-corrected chi connectivity index (χ1v) is 4.44. The molecule has 0 aliphatic rings. The van der Waals surface area contributed by atoms with E-state index in [1.54, 1.807) is 6.92 Å². The molecule has 3 nitrogen and oxygen atoms in total. The van der Waals surface area contributed by atoms with E-state index in [9.17, 15) is 4.79 Å². The molecule has 0 radical (unpaired) electrons. The van der Waals surface area contributed by atoms with Crippen molar-refractivity contribution in [1.82, 2.24) is 0 Å². The summed E-state index contributed by atoms with van der Waals surface area (Å²) in [5.74, 6) is 0.314. The largest absolute Gasteiger partial charge is 0.479 e. The Hall–Kier alpha value is -1.51. The summed E-state index contributed by atoms with van der Waals surface area (Å²) < 4.78 is 9.92. The maximum absolute atomic E-state index is 11.1. The van der Waals surface area contributed by atoms with E-state index in [0.717, 1.165) is 5.56 Å². The Labute approximate surface area is 83.6 Å². The smallest absolute Gasteiger partial charge is 0.346 e. The molecule has 1 rings (SSSR count). The van der Waals surface area contributed by atoms with Gasteiger partial charge in [0.25, 0.3) is 0 Å². The van der Waals surface area contributed by atoms with Crippen LogP contribution in [0.25, 0.3) is 0 Å². The topological polar surface area (TPSA) is 35.5 Å². The Balaban J connectivity index is 2.64. The molecule has 3 heteroatoms. The summed E-state index contributed by atoms with van der Waals surface area (Å²) in [7, 11) is 1.35. The van der Waals surface area contributed by atoms with Gasteiger partial charge in [-0.1, -0.05) is 12.1 Å². The van der Waals surface area contributed by atoms with Gasteiger partial charge in [0, 0.05) is 0 Å². The number of carbonyl (C=O) groups excluding carboxylic acids is 1. The zero-order valence-electron chi connectivity index (χ0n) is 8.61. The highest BCUT2D eigenvalue weighted by Crippen LogP contribution is 2.14. The summed E-state index contributed by atoms with van der Waals surface area (Å²) in [5.41, 5.74) is 1.10. The van der Waals surface area contributed by atoms with E-state index in [2.05, 4.69) is 4.74 Å². The van der Waals surface area contributed by atoms with E-state index < -0.39 is 6.10 Å². The van der Waals surface area contributed by atoms with Crippen LogP contribution in [0.4, 0.5) is 0 Å². The van der Waals surface area contributed by atoms with Gasteiger partial charge in [0.1, 0.15) is 5.75 Å². The fourth-order valence-electron chi connectivity index (χ4n) is 1.11. The van der Waals surface area contributed by atoms with Gasteiger partial charge >= 0.3 is 5.97 Å². The summed E-state index contributed by atoms with van der Waals surface area (Å²) in [5, 5.41) is 0. The first-order chi connectivity index (χ1) is 6.63. The van der Waals surface area contributed by atoms with Crippen LogP contribution in [0.2, 0.25) is 0 Å². The number of hydrogen-bond donors (Lipinski definition) is 0. The molecule has 0 aromatic heterocycles. The molecule has 0 saturated carbocycles. The van der Waals surface area contributed by atoms with Crippen molar-refractivity contribution < 1.29 is 14.3 Å². The molecular formula is C11H14O3. The second kappa shape index (κ2) is 4.65. The fourth-order valence-corrected chi connectivity index (χ4v) is 1.11. The number of hydrogen-bond acceptors (Lipinski definition) is 3. The second-order valence-corrected chi connectivity index (χ2v) is 3.10. The lowest BCUT2D eigenvalue weighted by Crippen LogP contribution is -2.24. The van der Waals surface area contributed by atoms with Gasteiger partial charge in [-0.25, -0.2) is 4.79 Å². The summed E-state index contributed by atoms with van der Waals surface area (Å²) in [4.78, 5) is 11.1. The fraction of sp³-hybridized carbons (Fsp3) is 0.364. The zero-order valence-corrected chi connectivity index (χ0v) is 8.61. The molecule has 0 saturated heterocycles. The molecule has 1 aromatic carbocycles. The van der Waals surface area contributed by atoms with E-state index in [1.807, 2.05) is 31.2 Å². The van der Waals surface area contributed by atoms with Crippen molar-refractivity contribution in [2.45, 2.75) is 20.0 Å². The van der Waals surface area contributed by atoms with Crippen LogP contribution in [0.15, 0.2) is 24.3 Å². The van der Waals surface area contributed by atoms with Crippen LogP contribution in [0.1, 0.15) is 12.5 Å². The molecule has 0 aliphatic carbocycles. The molecule has 0 fully saturated rings. The van der Waals surface area contributed by atoms with Crippen LogP contribution >= 0.6 is 0 Å². The van der Waals surface area contributed by atoms with Crippen LogP contribution in [0, 0.1) is 6.92 Å². The number of benzene rings is 1. The van der Waals surface area contributed by atoms with Crippen molar-refractivity contribution in [2.24, 2.45) is 0 Å². The Morgan fingerprint density at radius 2 is 2.14 bits per heavy atom. The predicted octanol–water partition coefficient (Wildman–Crippen LogP) is 1.94. The van der Waals surface area contributed by atoms with Crippen molar-refractivity contribution in [3.05, 3.63) is 29.8 Å². The van der Waals surface area contributed by atoms with Crippen molar-refractivity contribution in [3.8, 4) is 5.75 Å². The van der Waals surface area contributed by atoms with E-state index in [0.29, 0.717) is 5.75 Å². The maximum atomic E-state index is 11.1. The SMILES string of the molecule is COC(=O)C(C)Oc1cccc(C)c1. The molecule has 0 heterocycles. The number of aryl methyl sites for hydroxylation is 1. The molecule has 76 valence electrons. The van der Waals surface area contributed by atoms with E-state index in [1.165, 1.54) is 7.11 Å². The van der Waals surface area contributed by atoms with Gasteiger partial charge in [0.15, 0.2) is 6.10 Å². The van der Waals surface area contributed by atoms with Crippen molar-refractivity contribution in [3.63, 3.8) is 0 Å². The molecule has 1 aromatic rings. The predicted molar refractivity (Wildman–Crippen MR) is 53.3 cm³/mol. The van der Waals surface area contributed by atoms with Gasteiger partial charge in [-0.15, -0.1) is 0 Å². The molecule has 0 N–H and O–H groups in total. The minimum Gasteiger partial charge on any atom is -0.479 e. The quantitative estimate of drug-likeness (QED) is 0.690. The first-order valence-electron chi connectivity index (χ1n) is 4.44. The van der Waals surface area contributed by atoms with Gasteiger partial charge in [0.05, 0.1) is 7.11 Å². The Morgan fingerprint density at radius 1 is 1.43 bits per heavy atom. The molecule has 0 amide bonds. The number of carbonyl (C=O) groups is 1. The van der Waals surface area contributed by atoms with Gasteiger partial charge in [-0.3, -0.25) is 0 Å². The van der Waals surface area contributed by atoms with Gasteiger partial charge in [-0.2, -0.15) is 0 Å². The molecule has 14 heavy (non-hydrogen) atoms. The molecule has 0 spiro atoms. The molecular weight excluding hydrogens is 180 g/mol. The van der Waals surface area contributed by atoms with E-state index in [4.69, 9.17) is 4.74 Å². The van der Waals surface area contributed by atoms with Crippen LogP contribution in [-0.2, 0) is 9.53 Å². The van der Waals surface area contributed by atoms with Crippen molar-refractivity contribution in [1.29, 1.82) is 0 Å². The van der Waals surface area contributed by atoms with Gasteiger partial charge < -0.3 is 9.47 Å². The van der Waals surface area contributed by atoms with Gasteiger partial charge in [0.2, 0.25) is 0 Å². The lowest BCUT2D eigenvalue weighted by molar-refractivity contribution is -0.147. The third-order valence-electron chi connectivity index (χ3n) is 1.84. The highest BCUT2D eigenvalue weighted by Gasteiger charge is 2.14. The summed E-state index contributed by atoms with van der Waals surface area (Å²) in [6.45, 7) is 3.63. The third-order valence-corrected chi connectivity index (χ3v) is 1.84. The van der Waals surface area contributed by atoms with Gasteiger partial charge in [-0.05, 0) is 31.5 Å². The van der Waals surface area contributed by atoms with E-state index >= 15 is 0 Å². The lowest BCUT2D eigenvalue weighted by atomic mass is 10.2. The van der Waals surface area contributed by atoms with Crippen LogP contribution < -0.4 is 4.74 Å². The Bertz CT molecular complexity index is 320. The number of esters is 1. The molecule has 0 bridgehead atoms. The van der Waals surface area contributed by atoms with Crippen LogP contribution in [0.3, 0.4) is 0 Å². The highest BCUT2D eigenvalue weighted by atomic mass is 16.6. The average Bonchev–Trinajstić information content (AvgIpc) is 2.16. The standard InChI is InChI=1S/C11H14O3/c1-8-5-4-6-10(7-8)14-9(2)11(12)13-3/h4-7,9H,1-3H3. The first kappa shape index (κ1) is 10.6. The summed E-state index contributed by atoms with van der Waals surface area (Å²) >= 11 is 0. The van der Waals surface area contributed by atoms with E-state index in [-0.39, 0.29) is 5.97 Å². The van der Waals surface area contributed by atoms with Crippen LogP contribution in [0.5, 0.6) is 5.75 Å². The van der Waals surface area contributed by atoms with Crippen molar-refractivity contribution >= 4 is 5.97 Å². The minimum absolute atomic E-state index is 0.369. The second-order valence-electron chi connectivity index (χ2n) is 3.10. The zero-order chi connectivity index (χ0) is 10.6. The normalized spacial score (nSPS) is 11.9. The van der Waals surface area contributed by atoms with Crippen LogP contribution in [-0.4, -0.2) is 19.2 Å². The summed E-state index contributed by atoms with van der Waals surface area (Å²) in [6, 6.07) is 7.54. The molecule has 1 atom stereocenters. The highest BCUT2D eigenvalue weighted by molar-refractivity contribution is 5.74. The molecule has 0 aliphatic heterocycles. The number of rotatable bonds is 3. The Kier molecular flexibility index (Phi) is 3.51. The third kappa shape index (κ3) is 2.76. The number of methoxy groups -OCH3 is 1. The number of ether oxygens (including phenoxy) is 2. The lowest BCUT2D eigenvalue weighted by Gasteiger charge is -2.12. The average molecular weight is 194 g/mol.